The average Bonchev–Trinajstić information content (AvgIpc) is 2.34. The van der Waals surface area contributed by atoms with Crippen LogP contribution in [0.5, 0.6) is 5.75 Å². The van der Waals surface area contributed by atoms with Crippen LogP contribution in [0.1, 0.15) is 27.7 Å². The predicted molar refractivity (Wildman–Crippen MR) is 80.3 cm³/mol. The zero-order valence-electron chi connectivity index (χ0n) is 12.5. The number of rotatable bonds is 7. The van der Waals surface area contributed by atoms with E-state index < -0.39 is 10.0 Å². The van der Waals surface area contributed by atoms with Gasteiger partial charge in [0.05, 0.1) is 4.90 Å². The van der Waals surface area contributed by atoms with E-state index in [4.69, 9.17) is 0 Å². The molecule has 0 amide bonds. The highest BCUT2D eigenvalue weighted by Crippen LogP contribution is 2.20. The Morgan fingerprint density at radius 2 is 1.70 bits per heavy atom. The van der Waals surface area contributed by atoms with E-state index in [1.165, 1.54) is 28.6 Å². The third-order valence-electron chi connectivity index (χ3n) is 2.90. The molecule has 0 fully saturated rings. The molecule has 1 aromatic rings. The van der Waals surface area contributed by atoms with Gasteiger partial charge < -0.3 is 10.4 Å². The van der Waals surface area contributed by atoms with Crippen LogP contribution in [0.25, 0.3) is 0 Å². The smallest absolute Gasteiger partial charge is 0.243 e. The lowest BCUT2D eigenvalue weighted by molar-refractivity contribution is 0.346. The van der Waals surface area contributed by atoms with Crippen molar-refractivity contribution < 1.29 is 13.5 Å². The summed E-state index contributed by atoms with van der Waals surface area (Å²) in [6, 6.07) is 5.82. The van der Waals surface area contributed by atoms with Gasteiger partial charge in [-0.15, -0.1) is 0 Å². The van der Waals surface area contributed by atoms with Crippen molar-refractivity contribution in [1.82, 2.24) is 9.62 Å². The largest absolute Gasteiger partial charge is 0.508 e. The van der Waals surface area contributed by atoms with Gasteiger partial charge in [0, 0.05) is 25.2 Å². The van der Waals surface area contributed by atoms with Gasteiger partial charge >= 0.3 is 0 Å². The van der Waals surface area contributed by atoms with Gasteiger partial charge in [-0.1, -0.05) is 13.8 Å². The number of hydrogen-bond donors (Lipinski definition) is 2. The molecule has 114 valence electrons. The summed E-state index contributed by atoms with van der Waals surface area (Å²) in [5.41, 5.74) is 0. The van der Waals surface area contributed by atoms with Gasteiger partial charge in [-0.2, -0.15) is 4.31 Å². The molecule has 0 spiro atoms. The molecular weight excluding hydrogens is 276 g/mol. The number of benzene rings is 1. The number of phenols is 1. The molecular formula is C14H24N2O3S. The lowest BCUT2D eigenvalue weighted by atomic mass is 10.3. The van der Waals surface area contributed by atoms with Crippen LogP contribution in [0.15, 0.2) is 29.2 Å². The second-order valence-electron chi connectivity index (χ2n) is 5.31. The van der Waals surface area contributed by atoms with E-state index in [0.717, 1.165) is 0 Å². The summed E-state index contributed by atoms with van der Waals surface area (Å²) in [6.07, 6.45) is 0. The van der Waals surface area contributed by atoms with Gasteiger partial charge in [0.2, 0.25) is 10.0 Å². The molecule has 1 rings (SSSR count). The van der Waals surface area contributed by atoms with Crippen LogP contribution in [-0.2, 0) is 10.0 Å². The lowest BCUT2D eigenvalue weighted by Crippen LogP contribution is -2.42. The van der Waals surface area contributed by atoms with Gasteiger partial charge in [-0.05, 0) is 38.1 Å². The molecule has 0 bridgehead atoms. The Hall–Kier alpha value is -1.11. The minimum Gasteiger partial charge on any atom is -0.508 e. The summed E-state index contributed by atoms with van der Waals surface area (Å²) >= 11 is 0. The lowest BCUT2D eigenvalue weighted by Gasteiger charge is -2.26. The van der Waals surface area contributed by atoms with Crippen molar-refractivity contribution in [3.63, 3.8) is 0 Å². The normalized spacial score (nSPS) is 12.6. The van der Waals surface area contributed by atoms with Crippen molar-refractivity contribution in [2.24, 2.45) is 0 Å². The van der Waals surface area contributed by atoms with Gasteiger partial charge in [-0.25, -0.2) is 8.42 Å². The molecule has 0 aliphatic heterocycles. The number of nitrogens with one attached hydrogen (secondary N) is 1. The molecule has 1 aromatic carbocycles. The Balaban J connectivity index is 2.91. The van der Waals surface area contributed by atoms with Crippen molar-refractivity contribution in [1.29, 1.82) is 0 Å². The molecule has 0 heterocycles. The standard InChI is InChI=1S/C14H24N2O3S/c1-11(2)15-9-10-16(12(3)4)20(18,19)14-7-5-13(17)6-8-14/h5-8,11-12,15,17H,9-10H2,1-4H3. The highest BCUT2D eigenvalue weighted by Gasteiger charge is 2.26. The molecule has 0 aromatic heterocycles. The first-order valence-corrected chi connectivity index (χ1v) is 8.23. The third-order valence-corrected chi connectivity index (χ3v) is 4.99. The van der Waals surface area contributed by atoms with E-state index >= 15 is 0 Å². The maximum atomic E-state index is 12.6. The van der Waals surface area contributed by atoms with Crippen LogP contribution in [0, 0.1) is 0 Å². The van der Waals surface area contributed by atoms with E-state index in [-0.39, 0.29) is 16.7 Å². The summed E-state index contributed by atoms with van der Waals surface area (Å²) in [7, 11) is -3.53. The second kappa shape index (κ2) is 7.06. The van der Waals surface area contributed by atoms with Crippen molar-refractivity contribution in [2.45, 2.75) is 44.7 Å². The molecule has 0 aliphatic rings. The highest BCUT2D eigenvalue weighted by molar-refractivity contribution is 7.89. The van der Waals surface area contributed by atoms with Crippen LogP contribution in [-0.4, -0.2) is 43.0 Å². The zero-order valence-corrected chi connectivity index (χ0v) is 13.3. The van der Waals surface area contributed by atoms with Crippen LogP contribution < -0.4 is 5.32 Å². The van der Waals surface area contributed by atoms with E-state index in [0.29, 0.717) is 19.1 Å². The molecule has 0 unspecified atom stereocenters. The highest BCUT2D eigenvalue weighted by atomic mass is 32.2. The minimum atomic E-state index is -3.53. The van der Waals surface area contributed by atoms with Crippen LogP contribution in [0.3, 0.4) is 0 Å². The van der Waals surface area contributed by atoms with Crippen LogP contribution in [0.2, 0.25) is 0 Å². The van der Waals surface area contributed by atoms with Gasteiger partial charge in [0.1, 0.15) is 5.75 Å². The van der Waals surface area contributed by atoms with E-state index in [1.807, 2.05) is 27.7 Å². The Morgan fingerprint density at radius 1 is 1.15 bits per heavy atom. The molecule has 0 saturated carbocycles. The van der Waals surface area contributed by atoms with Gasteiger partial charge in [0.15, 0.2) is 0 Å². The fraction of sp³-hybridized carbons (Fsp3) is 0.571. The molecule has 20 heavy (non-hydrogen) atoms. The quantitative estimate of drug-likeness (QED) is 0.805. The molecule has 0 saturated heterocycles. The Bertz CT molecular complexity index is 510. The summed E-state index contributed by atoms with van der Waals surface area (Å²) in [5, 5.41) is 12.5. The molecule has 0 atom stereocenters. The Kier molecular flexibility index (Phi) is 5.98. The Morgan fingerprint density at radius 3 is 2.15 bits per heavy atom. The SMILES string of the molecule is CC(C)NCCN(C(C)C)S(=O)(=O)c1ccc(O)cc1. The first-order valence-electron chi connectivity index (χ1n) is 6.79. The molecule has 2 N–H and O–H groups in total. The van der Waals surface area contributed by atoms with Gasteiger partial charge in [-0.3, -0.25) is 0 Å². The topological polar surface area (TPSA) is 69.6 Å². The number of sulfonamides is 1. The average molecular weight is 300 g/mol. The van der Waals surface area contributed by atoms with Gasteiger partial charge in [0.25, 0.3) is 0 Å². The Labute approximate surface area is 121 Å². The first kappa shape index (κ1) is 16.9. The number of phenolic OH excluding ortho intramolecular Hbond substituents is 1. The predicted octanol–water partition coefficient (Wildman–Crippen LogP) is 1.79. The summed E-state index contributed by atoms with van der Waals surface area (Å²) < 4.78 is 26.6. The van der Waals surface area contributed by atoms with E-state index in [2.05, 4.69) is 5.32 Å². The molecule has 0 radical (unpaired) electrons. The molecule has 6 heteroatoms. The summed E-state index contributed by atoms with van der Waals surface area (Å²) in [5.74, 6) is 0.0570. The van der Waals surface area contributed by atoms with E-state index in [1.54, 1.807) is 0 Å². The third kappa shape index (κ3) is 4.47. The van der Waals surface area contributed by atoms with Crippen molar-refractivity contribution in [3.05, 3.63) is 24.3 Å². The fourth-order valence-corrected chi connectivity index (χ4v) is 3.51. The first-order chi connectivity index (χ1) is 9.25. The van der Waals surface area contributed by atoms with Crippen LogP contribution >= 0.6 is 0 Å². The molecule has 5 nitrogen and oxygen atoms in total. The maximum absolute atomic E-state index is 12.6. The van der Waals surface area contributed by atoms with E-state index in [9.17, 15) is 13.5 Å². The number of hydrogen-bond acceptors (Lipinski definition) is 4. The van der Waals surface area contributed by atoms with Crippen molar-refractivity contribution in [2.75, 3.05) is 13.1 Å². The summed E-state index contributed by atoms with van der Waals surface area (Å²) in [6.45, 7) is 8.77. The second-order valence-corrected chi connectivity index (χ2v) is 7.20. The minimum absolute atomic E-state index is 0.0570. The maximum Gasteiger partial charge on any atom is 0.243 e. The van der Waals surface area contributed by atoms with Crippen molar-refractivity contribution >= 4 is 10.0 Å². The number of aromatic hydroxyl groups is 1. The van der Waals surface area contributed by atoms with Crippen molar-refractivity contribution in [3.8, 4) is 5.75 Å². The van der Waals surface area contributed by atoms with Crippen LogP contribution in [0.4, 0.5) is 0 Å². The fourth-order valence-electron chi connectivity index (χ4n) is 1.87. The zero-order chi connectivity index (χ0) is 15.3. The number of nitrogens with zero attached hydrogens (tertiary/aromatic N) is 1. The monoisotopic (exact) mass is 300 g/mol. The summed E-state index contributed by atoms with van der Waals surface area (Å²) in [4.78, 5) is 0.202. The molecule has 0 aliphatic carbocycles.